The van der Waals surface area contributed by atoms with Gasteiger partial charge in [-0.25, -0.2) is 0 Å². The van der Waals surface area contributed by atoms with Crippen molar-refractivity contribution < 1.29 is 14.3 Å². The number of amides is 2. The van der Waals surface area contributed by atoms with Gasteiger partial charge in [-0.2, -0.15) is 0 Å². The number of hydrogen-bond acceptors (Lipinski definition) is 3. The summed E-state index contributed by atoms with van der Waals surface area (Å²) in [6, 6.07) is 0.181. The van der Waals surface area contributed by atoms with Crippen LogP contribution in [-0.2, 0) is 14.3 Å². The fraction of sp³-hybridized carbons (Fsp3) is 0.846. The third kappa shape index (κ3) is 4.64. The molecule has 5 nitrogen and oxygen atoms in total. The van der Waals surface area contributed by atoms with Gasteiger partial charge in [0.2, 0.25) is 0 Å². The van der Waals surface area contributed by atoms with Crippen LogP contribution in [0.5, 0.6) is 0 Å². The lowest BCUT2D eigenvalue weighted by molar-refractivity contribution is -0.148. The Morgan fingerprint density at radius 3 is 2.83 bits per heavy atom. The van der Waals surface area contributed by atoms with Crippen molar-refractivity contribution in [2.75, 3.05) is 26.3 Å². The Bertz CT molecular complexity index is 281. The van der Waals surface area contributed by atoms with E-state index in [1.807, 2.05) is 13.8 Å². The lowest BCUT2D eigenvalue weighted by Crippen LogP contribution is -2.49. The van der Waals surface area contributed by atoms with Crippen molar-refractivity contribution >= 4 is 11.8 Å². The first kappa shape index (κ1) is 15.0. The molecule has 1 rings (SSSR count). The Labute approximate surface area is 109 Å². The number of nitrogens with one attached hydrogen (secondary N) is 1. The molecule has 1 heterocycles. The summed E-state index contributed by atoms with van der Waals surface area (Å²) in [5.74, 6) is -0.876. The van der Waals surface area contributed by atoms with Crippen molar-refractivity contribution in [2.24, 2.45) is 0 Å². The van der Waals surface area contributed by atoms with E-state index in [0.717, 1.165) is 25.7 Å². The first-order valence-corrected chi connectivity index (χ1v) is 6.83. The molecule has 104 valence electrons. The van der Waals surface area contributed by atoms with E-state index in [1.54, 1.807) is 4.90 Å². The van der Waals surface area contributed by atoms with Gasteiger partial charge in [-0.05, 0) is 39.5 Å². The first-order valence-electron chi connectivity index (χ1n) is 6.83. The highest BCUT2D eigenvalue weighted by Crippen LogP contribution is 2.16. The smallest absolute Gasteiger partial charge is 0.312 e. The second-order valence-corrected chi connectivity index (χ2v) is 4.65. The molecule has 1 saturated heterocycles. The van der Waals surface area contributed by atoms with Gasteiger partial charge in [-0.1, -0.05) is 0 Å². The summed E-state index contributed by atoms with van der Waals surface area (Å²) in [4.78, 5) is 25.3. The van der Waals surface area contributed by atoms with Gasteiger partial charge in [0.25, 0.3) is 0 Å². The summed E-state index contributed by atoms with van der Waals surface area (Å²) in [7, 11) is 0. The van der Waals surface area contributed by atoms with Crippen LogP contribution in [0.2, 0.25) is 0 Å². The number of rotatable bonds is 5. The van der Waals surface area contributed by atoms with Crippen molar-refractivity contribution in [1.82, 2.24) is 10.2 Å². The summed E-state index contributed by atoms with van der Waals surface area (Å²) in [6.45, 7) is 6.42. The lowest BCUT2D eigenvalue weighted by atomic mass is 10.0. The number of hydrogen-bond donors (Lipinski definition) is 1. The molecule has 1 aliphatic rings. The molecule has 0 aliphatic carbocycles. The van der Waals surface area contributed by atoms with E-state index >= 15 is 0 Å². The molecule has 1 aliphatic heterocycles. The van der Waals surface area contributed by atoms with E-state index in [2.05, 4.69) is 5.32 Å². The number of ether oxygens (including phenoxy) is 1. The molecule has 0 saturated carbocycles. The molecule has 1 N–H and O–H groups in total. The SMILES string of the molecule is CCOCCCNC(=O)C(=O)N1CCCCC1C. The van der Waals surface area contributed by atoms with E-state index in [9.17, 15) is 9.59 Å². The molecule has 0 aromatic rings. The minimum Gasteiger partial charge on any atom is -0.382 e. The second kappa shape index (κ2) is 8.08. The van der Waals surface area contributed by atoms with E-state index in [4.69, 9.17) is 4.74 Å². The zero-order valence-corrected chi connectivity index (χ0v) is 11.4. The number of carbonyl (C=O) groups is 2. The maximum atomic E-state index is 11.9. The zero-order chi connectivity index (χ0) is 13.4. The largest absolute Gasteiger partial charge is 0.382 e. The van der Waals surface area contributed by atoms with Crippen molar-refractivity contribution in [3.8, 4) is 0 Å². The van der Waals surface area contributed by atoms with E-state index in [1.165, 1.54) is 0 Å². The fourth-order valence-electron chi connectivity index (χ4n) is 2.13. The van der Waals surface area contributed by atoms with E-state index in [0.29, 0.717) is 26.3 Å². The van der Waals surface area contributed by atoms with Gasteiger partial charge in [0.05, 0.1) is 0 Å². The van der Waals surface area contributed by atoms with Crippen LogP contribution in [0.15, 0.2) is 0 Å². The Morgan fingerprint density at radius 1 is 1.39 bits per heavy atom. The highest BCUT2D eigenvalue weighted by molar-refractivity contribution is 6.35. The Balaban J connectivity index is 2.25. The predicted molar refractivity (Wildman–Crippen MR) is 69.1 cm³/mol. The van der Waals surface area contributed by atoms with E-state index in [-0.39, 0.29) is 6.04 Å². The van der Waals surface area contributed by atoms with Crippen molar-refractivity contribution in [3.05, 3.63) is 0 Å². The number of piperidine rings is 1. The molecule has 1 atom stereocenters. The summed E-state index contributed by atoms with van der Waals surface area (Å²) in [6.07, 6.45) is 3.86. The average molecular weight is 256 g/mol. The minimum absolute atomic E-state index is 0.181. The van der Waals surface area contributed by atoms with Gasteiger partial charge in [0.15, 0.2) is 0 Å². The van der Waals surface area contributed by atoms with Crippen molar-refractivity contribution in [2.45, 2.75) is 45.6 Å². The highest BCUT2D eigenvalue weighted by atomic mass is 16.5. The molecule has 0 aromatic carbocycles. The average Bonchev–Trinajstić information content (AvgIpc) is 2.38. The monoisotopic (exact) mass is 256 g/mol. The van der Waals surface area contributed by atoms with Crippen LogP contribution in [0.4, 0.5) is 0 Å². The molecular formula is C13H24N2O3. The van der Waals surface area contributed by atoms with Crippen LogP contribution in [0, 0.1) is 0 Å². The van der Waals surface area contributed by atoms with Crippen LogP contribution in [0.25, 0.3) is 0 Å². The maximum absolute atomic E-state index is 11.9. The van der Waals surface area contributed by atoms with E-state index < -0.39 is 11.8 Å². The maximum Gasteiger partial charge on any atom is 0.312 e. The van der Waals surface area contributed by atoms with Crippen LogP contribution in [0.3, 0.4) is 0 Å². The van der Waals surface area contributed by atoms with Crippen LogP contribution in [0.1, 0.15) is 39.5 Å². The minimum atomic E-state index is -0.486. The second-order valence-electron chi connectivity index (χ2n) is 4.65. The van der Waals surface area contributed by atoms with Crippen LogP contribution < -0.4 is 5.32 Å². The van der Waals surface area contributed by atoms with Gasteiger partial charge in [-0.15, -0.1) is 0 Å². The Kier molecular flexibility index (Phi) is 6.72. The molecule has 18 heavy (non-hydrogen) atoms. The van der Waals surface area contributed by atoms with Gasteiger partial charge < -0.3 is 15.0 Å². The summed E-state index contributed by atoms with van der Waals surface area (Å²) in [5.41, 5.74) is 0. The fourth-order valence-corrected chi connectivity index (χ4v) is 2.13. The predicted octanol–water partition coefficient (Wildman–Crippen LogP) is 0.930. The number of likely N-dealkylation sites (tertiary alicyclic amines) is 1. The standard InChI is InChI=1S/C13H24N2O3/c1-3-18-10-6-8-14-12(16)13(17)15-9-5-4-7-11(15)2/h11H,3-10H2,1-2H3,(H,14,16). The summed E-state index contributed by atoms with van der Waals surface area (Å²) in [5, 5.41) is 2.65. The normalized spacial score (nSPS) is 19.7. The highest BCUT2D eigenvalue weighted by Gasteiger charge is 2.27. The Hall–Kier alpha value is -1.10. The summed E-state index contributed by atoms with van der Waals surface area (Å²) < 4.78 is 5.16. The third-order valence-electron chi connectivity index (χ3n) is 3.21. The molecule has 5 heteroatoms. The number of carbonyl (C=O) groups excluding carboxylic acids is 2. The van der Waals surface area contributed by atoms with Crippen molar-refractivity contribution in [3.63, 3.8) is 0 Å². The first-order chi connectivity index (χ1) is 8.66. The van der Waals surface area contributed by atoms with Crippen molar-refractivity contribution in [1.29, 1.82) is 0 Å². The molecule has 2 amide bonds. The Morgan fingerprint density at radius 2 is 2.17 bits per heavy atom. The van der Waals surface area contributed by atoms with Crippen LogP contribution >= 0.6 is 0 Å². The quantitative estimate of drug-likeness (QED) is 0.588. The molecular weight excluding hydrogens is 232 g/mol. The van der Waals surface area contributed by atoms with Crippen LogP contribution in [-0.4, -0.2) is 49.1 Å². The lowest BCUT2D eigenvalue weighted by Gasteiger charge is -2.32. The van der Waals surface area contributed by atoms with Gasteiger partial charge >= 0.3 is 11.8 Å². The van der Waals surface area contributed by atoms with Gasteiger partial charge in [0, 0.05) is 32.3 Å². The molecule has 0 radical (unpaired) electrons. The van der Waals surface area contributed by atoms with Gasteiger partial charge in [-0.3, -0.25) is 9.59 Å². The third-order valence-corrected chi connectivity index (χ3v) is 3.21. The zero-order valence-electron chi connectivity index (χ0n) is 11.4. The number of nitrogens with zero attached hydrogens (tertiary/aromatic N) is 1. The molecule has 1 unspecified atom stereocenters. The molecule has 0 aromatic heterocycles. The molecule has 0 spiro atoms. The van der Waals surface area contributed by atoms with Gasteiger partial charge in [0.1, 0.15) is 0 Å². The summed E-state index contributed by atoms with van der Waals surface area (Å²) >= 11 is 0. The molecule has 1 fully saturated rings. The molecule has 0 bridgehead atoms. The topological polar surface area (TPSA) is 58.6 Å².